The zero-order valence-corrected chi connectivity index (χ0v) is 11.3. The minimum Gasteiger partial charge on any atom is -0.507 e. The summed E-state index contributed by atoms with van der Waals surface area (Å²) in [4.78, 5) is 12.2. The minimum absolute atomic E-state index is 0.0170. The van der Waals surface area contributed by atoms with Crippen molar-refractivity contribution in [1.82, 2.24) is 5.01 Å². The summed E-state index contributed by atoms with van der Waals surface area (Å²) >= 11 is 0. The number of rotatable bonds is 1. The van der Waals surface area contributed by atoms with Gasteiger partial charge < -0.3 is 10.2 Å². The number of aliphatic hydroxyl groups is 1. The maximum absolute atomic E-state index is 13.0. The summed E-state index contributed by atoms with van der Waals surface area (Å²) in [7, 11) is 0. The van der Waals surface area contributed by atoms with E-state index < -0.39 is 30.0 Å². The molecule has 0 radical (unpaired) electrons. The van der Waals surface area contributed by atoms with Crippen LogP contribution < -0.4 is 0 Å². The lowest BCUT2D eigenvalue weighted by Crippen LogP contribution is -2.56. The standard InChI is InChI=1S/C13H13F3N2O3/c1-7-4-3-5-9(10(7)19)11(20)18-12(21,13(14,15)16)6-8(2)17-18/h3-5,19,21H,6H2,1-2H3/t12-/m0/s1. The molecule has 0 aromatic heterocycles. The van der Waals surface area contributed by atoms with Crippen molar-refractivity contribution in [2.75, 3.05) is 0 Å². The molecule has 1 amide bonds. The number of hydrazone groups is 1. The van der Waals surface area contributed by atoms with Crippen LogP contribution in [0.1, 0.15) is 29.3 Å². The van der Waals surface area contributed by atoms with E-state index in [-0.39, 0.29) is 16.3 Å². The summed E-state index contributed by atoms with van der Waals surface area (Å²) < 4.78 is 39.1. The fraction of sp³-hybridized carbons (Fsp3) is 0.385. The topological polar surface area (TPSA) is 73.1 Å². The summed E-state index contributed by atoms with van der Waals surface area (Å²) in [6.45, 7) is 2.78. The predicted molar refractivity (Wildman–Crippen MR) is 67.7 cm³/mol. The third-order valence-corrected chi connectivity index (χ3v) is 3.24. The molecule has 8 heteroatoms. The van der Waals surface area contributed by atoms with Crippen LogP contribution in [0, 0.1) is 6.92 Å². The van der Waals surface area contributed by atoms with Crippen molar-refractivity contribution in [2.24, 2.45) is 5.10 Å². The molecule has 5 nitrogen and oxygen atoms in total. The Morgan fingerprint density at radius 2 is 2.00 bits per heavy atom. The molecule has 0 aliphatic carbocycles. The molecule has 2 rings (SSSR count). The van der Waals surface area contributed by atoms with Crippen LogP contribution in [-0.4, -0.2) is 38.7 Å². The molecule has 21 heavy (non-hydrogen) atoms. The molecule has 0 saturated heterocycles. The zero-order chi connectivity index (χ0) is 16.0. The number of carbonyl (C=O) groups is 1. The van der Waals surface area contributed by atoms with Gasteiger partial charge in [-0.25, -0.2) is 0 Å². The van der Waals surface area contributed by atoms with Gasteiger partial charge in [-0.3, -0.25) is 4.79 Å². The van der Waals surface area contributed by atoms with Gasteiger partial charge in [0.1, 0.15) is 5.75 Å². The van der Waals surface area contributed by atoms with Gasteiger partial charge in [0.25, 0.3) is 11.6 Å². The van der Waals surface area contributed by atoms with Crippen LogP contribution in [0.2, 0.25) is 0 Å². The van der Waals surface area contributed by atoms with Crippen LogP contribution >= 0.6 is 0 Å². The number of aromatic hydroxyl groups is 1. The Labute approximate surface area is 118 Å². The molecule has 1 aromatic rings. The van der Waals surface area contributed by atoms with Crippen molar-refractivity contribution in [2.45, 2.75) is 32.2 Å². The first kappa shape index (κ1) is 15.3. The van der Waals surface area contributed by atoms with Crippen LogP contribution in [-0.2, 0) is 0 Å². The van der Waals surface area contributed by atoms with E-state index in [2.05, 4.69) is 5.10 Å². The highest BCUT2D eigenvalue weighted by Crippen LogP contribution is 2.41. The monoisotopic (exact) mass is 302 g/mol. The molecule has 0 saturated carbocycles. The number of phenols is 1. The number of amides is 1. The molecular formula is C13H13F3N2O3. The van der Waals surface area contributed by atoms with E-state index in [0.29, 0.717) is 5.56 Å². The van der Waals surface area contributed by atoms with Crippen LogP contribution in [0.3, 0.4) is 0 Å². The fourth-order valence-electron chi connectivity index (χ4n) is 2.10. The minimum atomic E-state index is -5.07. The Morgan fingerprint density at radius 3 is 2.57 bits per heavy atom. The molecule has 2 N–H and O–H groups in total. The molecule has 114 valence electrons. The van der Waals surface area contributed by atoms with Gasteiger partial charge in [0.2, 0.25) is 0 Å². The highest BCUT2D eigenvalue weighted by Gasteiger charge is 2.62. The van der Waals surface area contributed by atoms with Gasteiger partial charge >= 0.3 is 6.18 Å². The van der Waals surface area contributed by atoms with Gasteiger partial charge in [-0.05, 0) is 25.5 Å². The number of hydrogen-bond acceptors (Lipinski definition) is 4. The number of nitrogens with zero attached hydrogens (tertiary/aromatic N) is 2. The van der Waals surface area contributed by atoms with E-state index in [0.717, 1.165) is 0 Å². The molecular weight excluding hydrogens is 289 g/mol. The van der Waals surface area contributed by atoms with Crippen molar-refractivity contribution in [1.29, 1.82) is 0 Å². The first-order valence-electron chi connectivity index (χ1n) is 6.04. The summed E-state index contributed by atoms with van der Waals surface area (Å²) in [5.74, 6) is -1.65. The number of hydrogen-bond donors (Lipinski definition) is 2. The second-order valence-corrected chi connectivity index (χ2v) is 4.91. The molecule has 1 aliphatic rings. The third-order valence-electron chi connectivity index (χ3n) is 3.24. The number of aryl methyl sites for hydroxylation is 1. The quantitative estimate of drug-likeness (QED) is 0.835. The maximum atomic E-state index is 13.0. The van der Waals surface area contributed by atoms with Crippen molar-refractivity contribution in [3.8, 4) is 5.75 Å². The van der Waals surface area contributed by atoms with E-state index in [9.17, 15) is 28.2 Å². The number of benzene rings is 1. The normalized spacial score (nSPS) is 22.4. The van der Waals surface area contributed by atoms with Crippen molar-refractivity contribution in [3.63, 3.8) is 0 Å². The molecule has 0 spiro atoms. The molecule has 1 atom stereocenters. The SMILES string of the molecule is CC1=NN(C(=O)c2cccc(C)c2O)[C@@](O)(C(F)(F)F)C1. The zero-order valence-electron chi connectivity index (χ0n) is 11.3. The molecule has 1 aliphatic heterocycles. The molecule has 1 heterocycles. The lowest BCUT2D eigenvalue weighted by molar-refractivity contribution is -0.297. The number of halogens is 3. The maximum Gasteiger partial charge on any atom is 0.438 e. The van der Waals surface area contributed by atoms with Gasteiger partial charge in [-0.15, -0.1) is 0 Å². The average Bonchev–Trinajstić information content (AvgIpc) is 2.68. The molecule has 0 bridgehead atoms. The predicted octanol–water partition coefficient (Wildman–Crippen LogP) is 2.17. The number of para-hydroxylation sites is 1. The second-order valence-electron chi connectivity index (χ2n) is 4.91. The Balaban J connectivity index is 2.49. The third kappa shape index (κ3) is 2.35. The smallest absolute Gasteiger partial charge is 0.438 e. The average molecular weight is 302 g/mol. The Morgan fingerprint density at radius 1 is 1.38 bits per heavy atom. The van der Waals surface area contributed by atoms with Crippen molar-refractivity contribution < 1.29 is 28.2 Å². The van der Waals surface area contributed by atoms with Crippen LogP contribution in [0.5, 0.6) is 5.75 Å². The van der Waals surface area contributed by atoms with Crippen molar-refractivity contribution in [3.05, 3.63) is 29.3 Å². The summed E-state index contributed by atoms with van der Waals surface area (Å²) in [6.07, 6.45) is -5.89. The highest BCUT2D eigenvalue weighted by atomic mass is 19.4. The lowest BCUT2D eigenvalue weighted by Gasteiger charge is -2.32. The Kier molecular flexibility index (Phi) is 3.45. The first-order chi connectivity index (χ1) is 9.58. The van der Waals surface area contributed by atoms with Crippen LogP contribution in [0.4, 0.5) is 13.2 Å². The highest BCUT2D eigenvalue weighted by molar-refractivity contribution is 6.00. The van der Waals surface area contributed by atoms with E-state index >= 15 is 0 Å². The van der Waals surface area contributed by atoms with Gasteiger partial charge in [-0.2, -0.15) is 23.3 Å². The summed E-state index contributed by atoms with van der Waals surface area (Å²) in [5, 5.41) is 23.1. The van der Waals surface area contributed by atoms with E-state index in [1.54, 1.807) is 0 Å². The van der Waals surface area contributed by atoms with E-state index in [4.69, 9.17) is 0 Å². The first-order valence-corrected chi connectivity index (χ1v) is 6.04. The summed E-state index contributed by atoms with van der Waals surface area (Å²) in [6, 6.07) is 4.09. The second kappa shape index (κ2) is 4.73. The van der Waals surface area contributed by atoms with Crippen molar-refractivity contribution >= 4 is 11.6 Å². The summed E-state index contributed by atoms with van der Waals surface area (Å²) in [5.41, 5.74) is -3.45. The van der Waals surface area contributed by atoms with Crippen LogP contribution in [0.25, 0.3) is 0 Å². The fourth-order valence-corrected chi connectivity index (χ4v) is 2.10. The van der Waals surface area contributed by atoms with Gasteiger partial charge in [0.05, 0.1) is 5.56 Å². The molecule has 0 unspecified atom stereocenters. The van der Waals surface area contributed by atoms with E-state index in [1.807, 2.05) is 0 Å². The number of carbonyl (C=O) groups excluding carboxylic acids is 1. The number of alkyl halides is 3. The van der Waals surface area contributed by atoms with Gasteiger partial charge in [-0.1, -0.05) is 12.1 Å². The number of phenolic OH excluding ortho intramolecular Hbond substituents is 1. The van der Waals surface area contributed by atoms with Gasteiger partial charge in [0.15, 0.2) is 0 Å². The Bertz CT molecular complexity index is 628. The largest absolute Gasteiger partial charge is 0.507 e. The molecule has 1 aromatic carbocycles. The lowest BCUT2D eigenvalue weighted by atomic mass is 10.0. The Hall–Kier alpha value is -2.09. The van der Waals surface area contributed by atoms with Gasteiger partial charge in [0, 0.05) is 12.1 Å². The van der Waals surface area contributed by atoms with E-state index in [1.165, 1.54) is 32.0 Å². The molecule has 0 fully saturated rings. The van der Waals surface area contributed by atoms with Crippen LogP contribution in [0.15, 0.2) is 23.3 Å².